The van der Waals surface area contributed by atoms with E-state index in [1.165, 1.54) is 16.7 Å². The zero-order valence-electron chi connectivity index (χ0n) is 26.1. The van der Waals surface area contributed by atoms with Gasteiger partial charge in [-0.3, -0.25) is 0 Å². The summed E-state index contributed by atoms with van der Waals surface area (Å²) in [6, 6.07) is 0. The second-order valence-electron chi connectivity index (χ2n) is 12.0. The predicted molar refractivity (Wildman–Crippen MR) is 178 cm³/mol. The summed E-state index contributed by atoms with van der Waals surface area (Å²) in [5.41, 5.74) is 1.25. The fourth-order valence-electron chi connectivity index (χ4n) is 2.91. The van der Waals surface area contributed by atoms with Crippen molar-refractivity contribution in [2.24, 2.45) is 7.05 Å². The lowest BCUT2D eigenvalue weighted by Crippen LogP contribution is -2.00. The van der Waals surface area contributed by atoms with E-state index < -0.39 is 20.7 Å². The van der Waals surface area contributed by atoms with Gasteiger partial charge in [-0.15, -0.1) is 20.7 Å². The van der Waals surface area contributed by atoms with Gasteiger partial charge in [-0.25, -0.2) is 19.9 Å². The van der Waals surface area contributed by atoms with Crippen molar-refractivity contribution in [1.82, 2.24) is 24.5 Å². The summed E-state index contributed by atoms with van der Waals surface area (Å²) in [5, 5.41) is 4.63. The van der Waals surface area contributed by atoms with Gasteiger partial charge >= 0.3 is 0 Å². The number of hydrogen-bond acceptors (Lipinski definition) is 5. The van der Waals surface area contributed by atoms with Crippen molar-refractivity contribution in [2.75, 3.05) is 40.0 Å². The van der Waals surface area contributed by atoms with Crippen LogP contribution < -0.4 is 0 Å². The monoisotopic (exact) mass is 579 g/mol. The van der Waals surface area contributed by atoms with Crippen LogP contribution in [-0.2, 0) is 25.5 Å². The molecule has 0 amide bonds. The highest BCUT2D eigenvalue weighted by Gasteiger charge is 2.11. The van der Waals surface area contributed by atoms with Gasteiger partial charge < -0.3 is 8.98 Å². The molecule has 0 radical (unpaired) electrons. The number of nitrogens with zero attached hydrogens (tertiary/aromatic N) is 5. The van der Waals surface area contributed by atoms with Crippen LogP contribution in [0.25, 0.3) is 0 Å². The Balaban J connectivity index is 0.000000285. The fourth-order valence-corrected chi connectivity index (χ4v) is 6.78. The van der Waals surface area contributed by atoms with E-state index in [9.17, 15) is 0 Å². The maximum absolute atomic E-state index is 5.22. The Morgan fingerprint density at radius 2 is 1.21 bits per heavy atom. The van der Waals surface area contributed by atoms with E-state index in [4.69, 9.17) is 4.42 Å². The first kappa shape index (κ1) is 34.4. The zero-order chi connectivity index (χ0) is 29.1. The molecular weight excluding hydrogens is 527 g/mol. The highest BCUT2D eigenvalue weighted by Crippen LogP contribution is 2.45. The number of hydrogen-bond donors (Lipinski definition) is 0. The molecule has 0 saturated carbocycles. The van der Waals surface area contributed by atoms with Crippen LogP contribution in [0.2, 0.25) is 0 Å². The highest BCUT2D eigenvalue weighted by molar-refractivity contribution is 7.74. The fraction of sp³-hybridized carbons (Fsp3) is 0.552. The van der Waals surface area contributed by atoms with Crippen molar-refractivity contribution < 1.29 is 4.42 Å². The molecule has 0 spiro atoms. The number of aromatic nitrogens is 5. The van der Waals surface area contributed by atoms with Gasteiger partial charge in [-0.05, 0) is 93.3 Å². The lowest BCUT2D eigenvalue weighted by Gasteiger charge is -2.17. The molecule has 0 bridgehead atoms. The van der Waals surface area contributed by atoms with Crippen LogP contribution >= 0.6 is 20.7 Å². The Morgan fingerprint density at radius 1 is 0.711 bits per heavy atom. The molecule has 0 fully saturated rings. The van der Waals surface area contributed by atoms with Crippen LogP contribution in [0.1, 0.15) is 58.8 Å². The summed E-state index contributed by atoms with van der Waals surface area (Å²) in [7, 11) is 2.06. The molecule has 0 N–H and O–H groups in total. The Hall–Kier alpha value is -1.60. The summed E-state index contributed by atoms with van der Waals surface area (Å²) in [4.78, 5) is 16.5. The van der Waals surface area contributed by atoms with Gasteiger partial charge in [0.15, 0.2) is 5.89 Å². The molecule has 0 aliphatic heterocycles. The van der Waals surface area contributed by atoms with Gasteiger partial charge in [0, 0.05) is 44.2 Å². The standard InChI is InChI=1S/C10H17N2P.C10H19N2P.C9H16NOP/c1-9(2)13(3,4)7-10-5-11-8-12-6-10;1-9(2)13(4,5)8-10-11-6-7-12(10)3;1-8(2)12(3,4)7-9-10-5-6-11-9/h5-6,8H,7H2,1-4H3;6-7H,8H2,1-5H3;5-6H,7H2,1-4H3. The van der Waals surface area contributed by atoms with Gasteiger partial charge in [-0.1, -0.05) is 15.9 Å². The zero-order valence-corrected chi connectivity index (χ0v) is 28.8. The molecule has 0 unspecified atom stereocenters. The average Bonchev–Trinajstić information content (AvgIpc) is 3.46. The molecule has 214 valence electrons. The maximum atomic E-state index is 5.22. The number of aryl methyl sites for hydroxylation is 1. The van der Waals surface area contributed by atoms with Crippen LogP contribution in [0.15, 0.2) is 48.0 Å². The van der Waals surface area contributed by atoms with Crippen molar-refractivity contribution in [2.45, 2.75) is 60.0 Å². The molecule has 0 atom stereocenters. The van der Waals surface area contributed by atoms with Gasteiger partial charge in [0.25, 0.3) is 0 Å². The van der Waals surface area contributed by atoms with Crippen LogP contribution in [0.3, 0.4) is 0 Å². The minimum absolute atomic E-state index is 0.870. The molecule has 6 nitrogen and oxygen atoms in total. The highest BCUT2D eigenvalue weighted by atomic mass is 31.2. The molecule has 3 aromatic rings. The van der Waals surface area contributed by atoms with Crippen molar-refractivity contribution in [3.05, 3.63) is 60.9 Å². The smallest absolute Gasteiger partial charge is 0.198 e. The van der Waals surface area contributed by atoms with E-state index in [2.05, 4.69) is 113 Å². The first-order chi connectivity index (χ1) is 17.5. The summed E-state index contributed by atoms with van der Waals surface area (Å²) >= 11 is 0. The van der Waals surface area contributed by atoms with Crippen LogP contribution in [0, 0.1) is 0 Å². The van der Waals surface area contributed by atoms with Crippen molar-refractivity contribution in [3.8, 4) is 0 Å². The Kier molecular flexibility index (Phi) is 13.8. The summed E-state index contributed by atoms with van der Waals surface area (Å²) < 4.78 is 7.34. The molecule has 0 aliphatic carbocycles. The SMILES string of the molecule is CC(C)=P(C)(C)Cc1cncnc1.CC(C)=P(C)(C)Cc1nccn1C.CC(C)=P(C)(C)Cc1ncco1. The second-order valence-corrected chi connectivity index (χ2v) is 25.7. The summed E-state index contributed by atoms with van der Waals surface area (Å²) in [6.45, 7) is 24.6. The van der Waals surface area contributed by atoms with Crippen LogP contribution in [-0.4, -0.2) is 80.4 Å². The lowest BCUT2D eigenvalue weighted by atomic mass is 10.4. The molecule has 0 aliphatic rings. The van der Waals surface area contributed by atoms with Gasteiger partial charge in [0.2, 0.25) is 0 Å². The van der Waals surface area contributed by atoms with E-state index in [1.807, 2.05) is 24.8 Å². The summed E-state index contributed by atoms with van der Waals surface area (Å²) in [6.07, 6.45) is 15.9. The van der Waals surface area contributed by atoms with Crippen LogP contribution in [0.5, 0.6) is 0 Å². The Bertz CT molecular complexity index is 1270. The third kappa shape index (κ3) is 12.1. The summed E-state index contributed by atoms with van der Waals surface area (Å²) in [5.74, 6) is 2.08. The van der Waals surface area contributed by atoms with E-state index in [0.29, 0.717) is 0 Å². The molecule has 0 saturated heterocycles. The number of oxazole rings is 1. The van der Waals surface area contributed by atoms with Crippen LogP contribution in [0.4, 0.5) is 0 Å². The average molecular weight is 580 g/mol. The maximum Gasteiger partial charge on any atom is 0.198 e. The first-order valence-electron chi connectivity index (χ1n) is 13.0. The first-order valence-corrected chi connectivity index (χ1v) is 21.6. The minimum Gasteiger partial charge on any atom is -0.449 e. The van der Waals surface area contributed by atoms with E-state index >= 15 is 0 Å². The number of imidazole rings is 1. The molecule has 9 heteroatoms. The molecular formula is C29H52N5OP3. The largest absolute Gasteiger partial charge is 0.449 e. The molecule has 0 aromatic carbocycles. The second kappa shape index (κ2) is 15.3. The van der Waals surface area contributed by atoms with E-state index in [-0.39, 0.29) is 0 Å². The van der Waals surface area contributed by atoms with Gasteiger partial charge in [0.1, 0.15) is 18.4 Å². The quantitative estimate of drug-likeness (QED) is 0.282. The van der Waals surface area contributed by atoms with E-state index in [1.54, 1.807) is 29.4 Å². The predicted octanol–water partition coefficient (Wildman–Crippen LogP) is 7.54. The Morgan fingerprint density at radius 3 is 1.63 bits per heavy atom. The lowest BCUT2D eigenvalue weighted by molar-refractivity contribution is 0.516. The molecule has 38 heavy (non-hydrogen) atoms. The molecule has 3 aromatic heterocycles. The van der Waals surface area contributed by atoms with Gasteiger partial charge in [0.05, 0.1) is 6.20 Å². The van der Waals surface area contributed by atoms with Gasteiger partial charge in [-0.2, -0.15) is 0 Å². The minimum atomic E-state index is -0.943. The normalized spacial score (nSPS) is 11.6. The van der Waals surface area contributed by atoms with Crippen molar-refractivity contribution in [3.63, 3.8) is 0 Å². The van der Waals surface area contributed by atoms with Crippen molar-refractivity contribution in [1.29, 1.82) is 0 Å². The molecule has 3 rings (SSSR count). The third-order valence-electron chi connectivity index (χ3n) is 7.30. The van der Waals surface area contributed by atoms with E-state index in [0.717, 1.165) is 24.4 Å². The third-order valence-corrected chi connectivity index (χ3v) is 17.8. The Labute approximate surface area is 233 Å². The topological polar surface area (TPSA) is 69.6 Å². The molecule has 3 heterocycles. The number of rotatable bonds is 6. The van der Waals surface area contributed by atoms with Crippen molar-refractivity contribution >= 4 is 36.5 Å².